The number of hydrogen-bond donors (Lipinski definition) is 0. The third kappa shape index (κ3) is 83.8. The van der Waals surface area contributed by atoms with Gasteiger partial charge < -0.3 is 34.2 Å². The molecule has 9 heteroatoms. The van der Waals surface area contributed by atoms with Crippen LogP contribution in [0.25, 0.3) is 12.3 Å². The van der Waals surface area contributed by atoms with Gasteiger partial charge in [-0.25, -0.2) is 0 Å². The van der Waals surface area contributed by atoms with Crippen LogP contribution >= 0.6 is 0 Å². The third-order valence-electron chi connectivity index (χ3n) is 0. The standard InChI is InChI=1S/3Ca.2N.4H2O/h;;;;;4*1H2/q3*+2;2*-3;;;;. The van der Waals surface area contributed by atoms with Gasteiger partial charge in [0.15, 0.2) is 0 Å². The molecule has 0 rings (SSSR count). The third-order valence-corrected chi connectivity index (χ3v) is 0. The van der Waals surface area contributed by atoms with E-state index in [1.54, 1.807) is 0 Å². The Hall–Kier alpha value is 3.54. The molecule has 0 fully saturated rings. The molecule has 6 nitrogen and oxygen atoms in total. The van der Waals surface area contributed by atoms with Crippen molar-refractivity contribution in [2.75, 3.05) is 0 Å². The molecule has 9 heavy (non-hydrogen) atoms. The molecule has 48 valence electrons. The Labute approximate surface area is 144 Å². The largest absolute Gasteiger partial charge is 3.00 e. The van der Waals surface area contributed by atoms with Gasteiger partial charge in [0, 0.05) is 0 Å². The second-order valence-corrected chi connectivity index (χ2v) is 0. The summed E-state index contributed by atoms with van der Waals surface area (Å²) in [5.74, 6) is 0. The molecule has 0 bridgehead atoms. The van der Waals surface area contributed by atoms with Gasteiger partial charge in [-0.1, -0.05) is 0 Å². The molecule has 0 unspecified atom stereocenters. The molecular weight excluding hydrogens is 212 g/mol. The zero-order valence-corrected chi connectivity index (χ0v) is 11.6. The second-order valence-electron chi connectivity index (χ2n) is 0. The average Bonchev–Trinajstić information content (AvgIpc) is 0. The molecule has 0 atom stereocenters. The van der Waals surface area contributed by atoms with E-state index in [9.17, 15) is 0 Å². The maximum atomic E-state index is 0. The van der Waals surface area contributed by atoms with Crippen molar-refractivity contribution in [3.05, 3.63) is 12.3 Å². The molecule has 0 saturated heterocycles. The van der Waals surface area contributed by atoms with Gasteiger partial charge in [-0.2, -0.15) is 0 Å². The van der Waals surface area contributed by atoms with E-state index in [4.69, 9.17) is 0 Å². The van der Waals surface area contributed by atoms with Crippen molar-refractivity contribution in [2.24, 2.45) is 0 Å². The normalized spacial score (nSPS) is 0. The van der Waals surface area contributed by atoms with Gasteiger partial charge in [0.2, 0.25) is 0 Å². The maximum absolute atomic E-state index is 0. The first-order valence-corrected chi connectivity index (χ1v) is 0. The molecule has 0 aliphatic carbocycles. The number of hydrogen-bond acceptors (Lipinski definition) is 0. The first kappa shape index (κ1) is 133. The molecule has 0 aromatic rings. The Balaban J connectivity index is 0. The van der Waals surface area contributed by atoms with Crippen LogP contribution < -0.4 is 0 Å². The Morgan fingerprint density at radius 2 is 0.333 bits per heavy atom. The fourth-order valence-electron chi connectivity index (χ4n) is 0. The molecule has 0 aromatic carbocycles. The first-order chi connectivity index (χ1) is 0. The minimum Gasteiger partial charge on any atom is -3.00 e. The summed E-state index contributed by atoms with van der Waals surface area (Å²) < 4.78 is 0. The maximum Gasteiger partial charge on any atom is 2.00 e. The zero-order valence-electron chi connectivity index (χ0n) is 5.02. The van der Waals surface area contributed by atoms with Crippen LogP contribution in [0.5, 0.6) is 0 Å². The van der Waals surface area contributed by atoms with Crippen molar-refractivity contribution >= 4 is 113 Å². The Morgan fingerprint density at radius 1 is 0.333 bits per heavy atom. The molecule has 0 saturated carbocycles. The van der Waals surface area contributed by atoms with Crippen LogP contribution in [-0.2, 0) is 0 Å². The SMILES string of the molecule is O.O.O.O.[Ca+2].[Ca+2].[Ca+2].[N-3].[N-3]. The molecular formula is H8Ca3N2O4. The summed E-state index contributed by atoms with van der Waals surface area (Å²) in [6, 6.07) is 0. The van der Waals surface area contributed by atoms with Crippen LogP contribution in [0.2, 0.25) is 0 Å². The molecule has 0 amide bonds. The summed E-state index contributed by atoms with van der Waals surface area (Å²) in [7, 11) is 0. The van der Waals surface area contributed by atoms with Crippen molar-refractivity contribution < 1.29 is 21.9 Å². The van der Waals surface area contributed by atoms with Crippen molar-refractivity contribution in [1.82, 2.24) is 0 Å². The van der Waals surface area contributed by atoms with Gasteiger partial charge >= 0.3 is 113 Å². The van der Waals surface area contributed by atoms with Gasteiger partial charge in [-0.15, -0.1) is 0 Å². The predicted octanol–water partition coefficient (Wildman–Crippen LogP) is -3.86. The summed E-state index contributed by atoms with van der Waals surface area (Å²) in [5.41, 5.74) is 0. The van der Waals surface area contributed by atoms with Crippen LogP contribution in [0.15, 0.2) is 0 Å². The van der Waals surface area contributed by atoms with E-state index in [1.165, 1.54) is 0 Å². The zero-order chi connectivity index (χ0) is 0. The average molecular weight is 220 g/mol. The Bertz CT molecular complexity index is 13.8. The van der Waals surface area contributed by atoms with Gasteiger partial charge in [0.05, 0.1) is 0 Å². The van der Waals surface area contributed by atoms with E-state index in [-0.39, 0.29) is 147 Å². The van der Waals surface area contributed by atoms with Gasteiger partial charge in [0.25, 0.3) is 0 Å². The summed E-state index contributed by atoms with van der Waals surface area (Å²) >= 11 is 0. The van der Waals surface area contributed by atoms with Crippen LogP contribution in [0.3, 0.4) is 0 Å². The summed E-state index contributed by atoms with van der Waals surface area (Å²) in [4.78, 5) is 0. The van der Waals surface area contributed by atoms with E-state index in [0.717, 1.165) is 0 Å². The molecule has 0 aromatic heterocycles. The Morgan fingerprint density at radius 3 is 0.333 bits per heavy atom. The summed E-state index contributed by atoms with van der Waals surface area (Å²) in [6.07, 6.45) is 0. The molecule has 0 heterocycles. The molecule has 0 aliphatic heterocycles. The van der Waals surface area contributed by atoms with Crippen LogP contribution in [0, 0.1) is 0 Å². The van der Waals surface area contributed by atoms with Crippen LogP contribution in [0.4, 0.5) is 0 Å². The van der Waals surface area contributed by atoms with Crippen molar-refractivity contribution in [3.8, 4) is 0 Å². The van der Waals surface area contributed by atoms with Gasteiger partial charge in [-0.3, -0.25) is 0 Å². The smallest absolute Gasteiger partial charge is 2.00 e. The number of rotatable bonds is 0. The van der Waals surface area contributed by atoms with Crippen LogP contribution in [0.1, 0.15) is 0 Å². The molecule has 8 N–H and O–H groups in total. The minimum atomic E-state index is 0. The van der Waals surface area contributed by atoms with Crippen molar-refractivity contribution in [3.63, 3.8) is 0 Å². The fourth-order valence-corrected chi connectivity index (χ4v) is 0. The topological polar surface area (TPSA) is 187 Å². The quantitative estimate of drug-likeness (QED) is 0.361. The van der Waals surface area contributed by atoms with E-state index < -0.39 is 0 Å². The van der Waals surface area contributed by atoms with E-state index in [2.05, 4.69) is 0 Å². The molecule has 0 spiro atoms. The minimum absolute atomic E-state index is 0. The monoisotopic (exact) mass is 220 g/mol. The van der Waals surface area contributed by atoms with Gasteiger partial charge in [0.1, 0.15) is 0 Å². The van der Waals surface area contributed by atoms with Crippen molar-refractivity contribution in [2.45, 2.75) is 0 Å². The van der Waals surface area contributed by atoms with Crippen molar-refractivity contribution in [1.29, 1.82) is 0 Å². The fraction of sp³-hybridized carbons (Fsp3) is 0. The molecule has 0 radical (unpaired) electrons. The molecule has 0 aliphatic rings. The second kappa shape index (κ2) is 102. The van der Waals surface area contributed by atoms with E-state index >= 15 is 0 Å². The number of nitrogens with zero attached hydrogens (tertiary/aromatic N) is 2. The predicted molar refractivity (Wildman–Crippen MR) is 38.4 cm³/mol. The van der Waals surface area contributed by atoms with E-state index in [1.807, 2.05) is 0 Å². The van der Waals surface area contributed by atoms with Crippen LogP contribution in [-0.4, -0.2) is 135 Å². The Kier molecular flexibility index (Phi) is 1520. The summed E-state index contributed by atoms with van der Waals surface area (Å²) in [6.45, 7) is 0. The van der Waals surface area contributed by atoms with E-state index in [0.29, 0.717) is 0 Å². The summed E-state index contributed by atoms with van der Waals surface area (Å²) in [5, 5.41) is 0. The van der Waals surface area contributed by atoms with Gasteiger partial charge in [-0.05, 0) is 0 Å². The first-order valence-electron chi connectivity index (χ1n) is 0.